The minimum absolute atomic E-state index is 0.324. The molecule has 0 saturated carbocycles. The Morgan fingerprint density at radius 1 is 1.21 bits per heavy atom. The minimum Gasteiger partial charge on any atom is -0.465 e. The van der Waals surface area contributed by atoms with E-state index in [4.69, 9.17) is 23.1 Å². The van der Waals surface area contributed by atoms with E-state index in [2.05, 4.69) is 20.0 Å². The van der Waals surface area contributed by atoms with Gasteiger partial charge in [0, 0.05) is 18.8 Å². The number of anilines is 2. The van der Waals surface area contributed by atoms with Gasteiger partial charge in [0.25, 0.3) is 0 Å². The zero-order chi connectivity index (χ0) is 21.2. The van der Waals surface area contributed by atoms with E-state index >= 15 is 0 Å². The molecule has 2 aromatic carbocycles. The number of carbonyl (C=O) groups is 1. The number of nitrogens with one attached hydrogen (secondary N) is 1. The molecule has 1 heterocycles. The van der Waals surface area contributed by atoms with Crippen molar-refractivity contribution in [3.63, 3.8) is 0 Å². The molecule has 0 amide bonds. The summed E-state index contributed by atoms with van der Waals surface area (Å²) in [5, 5.41) is 3.49. The predicted molar refractivity (Wildman–Crippen MR) is 116 cm³/mol. The highest BCUT2D eigenvalue weighted by molar-refractivity contribution is 6.29. The third kappa shape index (κ3) is 7.06. The Kier molecular flexibility index (Phi) is 8.39. The summed E-state index contributed by atoms with van der Waals surface area (Å²) in [5.74, 6) is 0.324. The summed E-state index contributed by atoms with van der Waals surface area (Å²) in [6.07, 6.45) is 3.12. The summed E-state index contributed by atoms with van der Waals surface area (Å²) < 4.78 is 4.60. The Labute approximate surface area is 175 Å². The summed E-state index contributed by atoms with van der Waals surface area (Å²) >= 11 is 5.72. The van der Waals surface area contributed by atoms with Gasteiger partial charge in [0.1, 0.15) is 11.0 Å². The van der Waals surface area contributed by atoms with Gasteiger partial charge in [-0.3, -0.25) is 4.98 Å². The number of halogens is 1. The molecule has 0 aliphatic carbocycles. The Morgan fingerprint density at radius 2 is 2.00 bits per heavy atom. The van der Waals surface area contributed by atoms with Crippen molar-refractivity contribution in [2.24, 2.45) is 5.73 Å². The van der Waals surface area contributed by atoms with E-state index in [-0.39, 0.29) is 5.97 Å². The number of benzene rings is 2. The fourth-order valence-corrected chi connectivity index (χ4v) is 2.61. The molecule has 0 unspecified atom stereocenters. The van der Waals surface area contributed by atoms with Crippen LogP contribution in [-0.2, 0) is 17.8 Å². The molecular weight excluding hydrogens is 390 g/mol. The number of carbonyl (C=O) groups excluding carboxylic acids is 1. The van der Waals surface area contributed by atoms with Crippen LogP contribution < -0.4 is 16.8 Å². The van der Waals surface area contributed by atoms with E-state index in [0.717, 1.165) is 22.4 Å². The molecule has 29 heavy (non-hydrogen) atoms. The van der Waals surface area contributed by atoms with Crippen molar-refractivity contribution in [3.05, 3.63) is 82.3 Å². The van der Waals surface area contributed by atoms with Gasteiger partial charge in [-0.1, -0.05) is 29.8 Å². The fraction of sp³-hybridized carbons (Fsp3) is 0.190. The van der Waals surface area contributed by atoms with Crippen LogP contribution in [0.4, 0.5) is 11.5 Å². The first-order chi connectivity index (χ1) is 13.9. The number of nitrogens with zero attached hydrogens (tertiary/aromatic N) is 2. The smallest absolute Gasteiger partial charge is 0.337 e. The van der Waals surface area contributed by atoms with Gasteiger partial charge >= 0.3 is 5.97 Å². The number of rotatable bonds is 5. The van der Waals surface area contributed by atoms with Crippen molar-refractivity contribution in [2.45, 2.75) is 20.0 Å². The highest BCUT2D eigenvalue weighted by Crippen LogP contribution is 2.12. The summed E-state index contributed by atoms with van der Waals surface area (Å²) in [6, 6.07) is 13.0. The zero-order valence-electron chi connectivity index (χ0n) is 16.4. The van der Waals surface area contributed by atoms with Gasteiger partial charge in [-0.2, -0.15) is 0 Å². The van der Waals surface area contributed by atoms with Gasteiger partial charge in [0.05, 0.1) is 25.1 Å². The average Bonchev–Trinajstić information content (AvgIpc) is 2.73. The molecule has 0 atom stereocenters. The number of hydrogen-bond donors (Lipinski definition) is 3. The van der Waals surface area contributed by atoms with Gasteiger partial charge < -0.3 is 21.5 Å². The third-order valence-corrected chi connectivity index (χ3v) is 4.20. The average molecular weight is 414 g/mol. The van der Waals surface area contributed by atoms with Crippen LogP contribution in [0.3, 0.4) is 0 Å². The molecule has 8 heteroatoms. The third-order valence-electron chi connectivity index (χ3n) is 4.02. The summed E-state index contributed by atoms with van der Waals surface area (Å²) in [5.41, 5.74) is 15.6. The minimum atomic E-state index is -0.324. The van der Waals surface area contributed by atoms with Crippen molar-refractivity contribution in [1.29, 1.82) is 0 Å². The monoisotopic (exact) mass is 413 g/mol. The zero-order valence-corrected chi connectivity index (χ0v) is 17.1. The van der Waals surface area contributed by atoms with Gasteiger partial charge in [-0.25, -0.2) is 9.78 Å². The molecule has 0 radical (unpaired) electrons. The van der Waals surface area contributed by atoms with E-state index in [0.29, 0.717) is 29.6 Å². The van der Waals surface area contributed by atoms with Crippen molar-refractivity contribution in [2.75, 3.05) is 18.2 Å². The second kappa shape index (κ2) is 11.0. The molecule has 7 nitrogen and oxygen atoms in total. The number of methoxy groups -OCH3 is 1. The number of aryl methyl sites for hydroxylation is 1. The topological polar surface area (TPSA) is 116 Å². The number of aromatic nitrogens is 2. The molecule has 0 fully saturated rings. The van der Waals surface area contributed by atoms with Gasteiger partial charge in [0.15, 0.2) is 0 Å². The molecule has 5 N–H and O–H groups in total. The summed E-state index contributed by atoms with van der Waals surface area (Å²) in [6.45, 7) is 3.04. The largest absolute Gasteiger partial charge is 0.465 e. The van der Waals surface area contributed by atoms with Crippen molar-refractivity contribution < 1.29 is 9.53 Å². The summed E-state index contributed by atoms with van der Waals surface area (Å²) in [4.78, 5) is 19.1. The lowest BCUT2D eigenvalue weighted by atomic mass is 10.1. The van der Waals surface area contributed by atoms with Crippen LogP contribution in [0.5, 0.6) is 0 Å². The van der Waals surface area contributed by atoms with Crippen molar-refractivity contribution in [1.82, 2.24) is 9.97 Å². The van der Waals surface area contributed by atoms with E-state index in [1.165, 1.54) is 13.3 Å². The van der Waals surface area contributed by atoms with Crippen LogP contribution in [0.25, 0.3) is 0 Å². The first-order valence-corrected chi connectivity index (χ1v) is 9.24. The van der Waals surface area contributed by atoms with Crippen LogP contribution in [0.15, 0.2) is 54.9 Å². The molecule has 3 aromatic rings. The number of hydrogen-bond acceptors (Lipinski definition) is 7. The molecule has 0 bridgehead atoms. The number of ether oxygens (including phenoxy) is 1. The Bertz CT molecular complexity index is 920. The maximum atomic E-state index is 11.1. The van der Waals surface area contributed by atoms with Crippen molar-refractivity contribution in [3.8, 4) is 0 Å². The Balaban J connectivity index is 0.000000212. The normalized spacial score (nSPS) is 9.93. The maximum Gasteiger partial charge on any atom is 0.337 e. The summed E-state index contributed by atoms with van der Waals surface area (Å²) in [7, 11) is 1.37. The van der Waals surface area contributed by atoms with E-state index < -0.39 is 0 Å². The first kappa shape index (κ1) is 22.1. The molecular formula is C21H24ClN5O2. The lowest BCUT2D eigenvalue weighted by molar-refractivity contribution is 0.0600. The van der Waals surface area contributed by atoms with Crippen LogP contribution in [-0.4, -0.2) is 23.0 Å². The highest BCUT2D eigenvalue weighted by atomic mass is 35.5. The fourth-order valence-electron chi connectivity index (χ4n) is 2.46. The Morgan fingerprint density at radius 3 is 2.66 bits per heavy atom. The van der Waals surface area contributed by atoms with Crippen LogP contribution in [0.2, 0.25) is 5.15 Å². The maximum absolute atomic E-state index is 11.1. The number of nitrogens with two attached hydrogens (primary N) is 2. The molecule has 152 valence electrons. The predicted octanol–water partition coefficient (Wildman–Crippen LogP) is 3.56. The van der Waals surface area contributed by atoms with E-state index in [1.807, 2.05) is 37.3 Å². The van der Waals surface area contributed by atoms with Gasteiger partial charge in [-0.05, 0) is 47.9 Å². The quantitative estimate of drug-likeness (QED) is 0.432. The molecule has 3 rings (SSSR count). The van der Waals surface area contributed by atoms with Crippen LogP contribution >= 0.6 is 11.6 Å². The van der Waals surface area contributed by atoms with Gasteiger partial charge in [-0.15, -0.1) is 0 Å². The second-order valence-corrected chi connectivity index (χ2v) is 6.55. The second-order valence-electron chi connectivity index (χ2n) is 6.16. The Hall–Kier alpha value is -3.16. The molecule has 0 aliphatic rings. The van der Waals surface area contributed by atoms with Crippen LogP contribution in [0, 0.1) is 6.92 Å². The lowest BCUT2D eigenvalue weighted by Crippen LogP contribution is -2.05. The SMILES string of the molecule is COC(=O)c1ccc(C)c(CN)c1.Nc1cccc(CNc2cncc(Cl)n2)c1. The molecule has 1 aromatic heterocycles. The van der Waals surface area contributed by atoms with Crippen LogP contribution in [0.1, 0.15) is 27.0 Å². The van der Waals surface area contributed by atoms with E-state index in [9.17, 15) is 4.79 Å². The number of nitrogen functional groups attached to an aromatic ring is 1. The molecule has 0 saturated heterocycles. The van der Waals surface area contributed by atoms with E-state index in [1.54, 1.807) is 18.3 Å². The van der Waals surface area contributed by atoms with Crippen molar-refractivity contribution >= 4 is 29.1 Å². The first-order valence-electron chi connectivity index (χ1n) is 8.86. The van der Waals surface area contributed by atoms with Gasteiger partial charge in [0.2, 0.25) is 0 Å². The lowest BCUT2D eigenvalue weighted by Gasteiger charge is -2.05. The molecule has 0 aliphatic heterocycles. The standard InChI is InChI=1S/C11H11ClN4.C10H13NO2/c12-10-6-14-7-11(16-10)15-5-8-2-1-3-9(13)4-8;1-7-3-4-8(10(12)13-2)5-9(7)6-11/h1-4,6-7H,5,13H2,(H,15,16);3-5H,6,11H2,1-2H3. The highest BCUT2D eigenvalue weighted by Gasteiger charge is 2.06. The number of esters is 1. The molecule has 0 spiro atoms.